The molecule has 4 aliphatic rings. The lowest BCUT2D eigenvalue weighted by atomic mass is 9.91. The zero-order valence-electron chi connectivity index (χ0n) is 32.3. The largest absolute Gasteiger partial charge is 0.371 e. The molecule has 3 fully saturated rings. The number of amides is 5. The maximum atomic E-state index is 13.6. The predicted molar refractivity (Wildman–Crippen MR) is 214 cm³/mol. The van der Waals surface area contributed by atoms with E-state index in [1.165, 1.54) is 12.8 Å². The van der Waals surface area contributed by atoms with E-state index in [1.807, 2.05) is 36.4 Å². The van der Waals surface area contributed by atoms with E-state index in [-0.39, 0.29) is 18.7 Å². The highest BCUT2D eigenvalue weighted by Crippen LogP contribution is 2.36. The van der Waals surface area contributed by atoms with Crippen molar-refractivity contribution in [2.75, 3.05) is 29.9 Å². The minimum atomic E-state index is -0.990. The molecule has 3 aromatic carbocycles. The molecular formula is C43H45N9O6. The molecule has 4 aliphatic heterocycles. The number of likely N-dealkylation sites (tertiary alicyclic amines) is 1. The lowest BCUT2D eigenvalue weighted by Gasteiger charge is -2.34. The summed E-state index contributed by atoms with van der Waals surface area (Å²) in [5.74, 6) is 0.237. The van der Waals surface area contributed by atoms with Crippen LogP contribution < -0.4 is 15.5 Å². The van der Waals surface area contributed by atoms with E-state index < -0.39 is 29.7 Å². The molecule has 0 spiro atoms. The number of carbonyl (C=O) groups excluding carboxylic acids is 5. The van der Waals surface area contributed by atoms with Gasteiger partial charge in [-0.3, -0.25) is 39.1 Å². The predicted octanol–water partition coefficient (Wildman–Crippen LogP) is 5.49. The summed E-state index contributed by atoms with van der Waals surface area (Å²) in [5.41, 5.74) is 5.06. The third-order valence-electron chi connectivity index (χ3n) is 12.1. The van der Waals surface area contributed by atoms with Gasteiger partial charge in [-0.2, -0.15) is 4.98 Å². The first-order chi connectivity index (χ1) is 28.2. The summed E-state index contributed by atoms with van der Waals surface area (Å²) in [6.45, 7) is 5.60. The first-order valence-corrected chi connectivity index (χ1v) is 20.2. The van der Waals surface area contributed by atoms with Crippen molar-refractivity contribution in [3.05, 3.63) is 89.1 Å². The SMILES string of the molecule is C[C@H]1CCCN1Cc1nc2ccc(NC(=O)c3ccc(-c4noc(CCCC5CCN(c6cccc7c6C(=O)N(C6CCC(=O)NC6=O)C7=O)CC5)n4)cc3)cc2[nH]1. The maximum absolute atomic E-state index is 13.6. The Kier molecular flexibility index (Phi) is 10.1. The Morgan fingerprint density at radius 2 is 1.76 bits per heavy atom. The van der Waals surface area contributed by atoms with Gasteiger partial charge in [0.25, 0.3) is 17.7 Å². The van der Waals surface area contributed by atoms with Gasteiger partial charge in [0.1, 0.15) is 11.9 Å². The lowest BCUT2D eigenvalue weighted by Crippen LogP contribution is -2.54. The topological polar surface area (TPSA) is 187 Å². The molecule has 5 aromatic rings. The van der Waals surface area contributed by atoms with Crippen LogP contribution in [0.15, 0.2) is 65.2 Å². The summed E-state index contributed by atoms with van der Waals surface area (Å²) < 4.78 is 5.58. The van der Waals surface area contributed by atoms with Crippen molar-refractivity contribution in [3.8, 4) is 11.4 Å². The Balaban J connectivity index is 0.746. The van der Waals surface area contributed by atoms with Gasteiger partial charge in [-0.15, -0.1) is 0 Å². The number of rotatable bonds is 11. The fourth-order valence-corrected chi connectivity index (χ4v) is 8.85. The third-order valence-corrected chi connectivity index (χ3v) is 12.1. The maximum Gasteiger partial charge on any atom is 0.264 e. The highest BCUT2D eigenvalue weighted by molar-refractivity contribution is 6.25. The van der Waals surface area contributed by atoms with Crippen molar-refractivity contribution in [3.63, 3.8) is 0 Å². The number of fused-ring (bicyclic) bond motifs is 2. The van der Waals surface area contributed by atoms with Crippen LogP contribution in [-0.2, 0) is 22.6 Å². The number of nitrogens with zero attached hydrogens (tertiary/aromatic N) is 6. The number of aromatic nitrogens is 4. The zero-order chi connectivity index (χ0) is 39.9. The number of hydrogen-bond donors (Lipinski definition) is 3. The number of H-pyrrole nitrogens is 1. The summed E-state index contributed by atoms with van der Waals surface area (Å²) >= 11 is 0. The van der Waals surface area contributed by atoms with Gasteiger partial charge >= 0.3 is 0 Å². The average molecular weight is 784 g/mol. The molecule has 5 amide bonds. The molecule has 0 radical (unpaired) electrons. The van der Waals surface area contributed by atoms with Crippen molar-refractivity contribution < 1.29 is 28.5 Å². The van der Waals surface area contributed by atoms with Crippen LogP contribution in [-0.4, -0.2) is 91.2 Å². The number of piperidine rings is 2. The highest BCUT2D eigenvalue weighted by Gasteiger charge is 2.46. The van der Waals surface area contributed by atoms with Gasteiger partial charge in [0.15, 0.2) is 0 Å². The van der Waals surface area contributed by atoms with Gasteiger partial charge in [0.05, 0.1) is 34.4 Å². The van der Waals surface area contributed by atoms with E-state index in [9.17, 15) is 24.0 Å². The van der Waals surface area contributed by atoms with Gasteiger partial charge in [-0.1, -0.05) is 23.4 Å². The van der Waals surface area contributed by atoms with Gasteiger partial charge < -0.3 is 19.7 Å². The Hall–Kier alpha value is -6.22. The molecule has 3 saturated heterocycles. The van der Waals surface area contributed by atoms with E-state index in [2.05, 4.69) is 42.5 Å². The summed E-state index contributed by atoms with van der Waals surface area (Å²) in [5, 5.41) is 9.44. The number of aryl methyl sites for hydroxylation is 1. The molecule has 15 heteroatoms. The smallest absolute Gasteiger partial charge is 0.264 e. The normalized spacial score (nSPS) is 20.3. The van der Waals surface area contributed by atoms with Crippen LogP contribution in [0.5, 0.6) is 0 Å². The first kappa shape index (κ1) is 37.4. The van der Waals surface area contributed by atoms with E-state index in [4.69, 9.17) is 9.51 Å². The number of nitrogens with one attached hydrogen (secondary N) is 3. The molecule has 0 aliphatic carbocycles. The molecular weight excluding hydrogens is 739 g/mol. The molecule has 0 saturated carbocycles. The fraction of sp³-hybridized carbons (Fsp3) is 0.395. The quantitative estimate of drug-likeness (QED) is 0.144. The van der Waals surface area contributed by atoms with Crippen LogP contribution in [0, 0.1) is 5.92 Å². The first-order valence-electron chi connectivity index (χ1n) is 20.2. The van der Waals surface area contributed by atoms with E-state index >= 15 is 0 Å². The molecule has 2 atom stereocenters. The Bertz CT molecular complexity index is 2410. The van der Waals surface area contributed by atoms with Crippen LogP contribution in [0.2, 0.25) is 0 Å². The van der Waals surface area contributed by atoms with Crippen LogP contribution in [0.25, 0.3) is 22.4 Å². The van der Waals surface area contributed by atoms with Crippen LogP contribution in [0.4, 0.5) is 11.4 Å². The minimum absolute atomic E-state index is 0.0827. The Morgan fingerprint density at radius 1 is 0.931 bits per heavy atom. The monoisotopic (exact) mass is 783 g/mol. The molecule has 0 bridgehead atoms. The summed E-state index contributed by atoms with van der Waals surface area (Å²) in [6.07, 6.45) is 7.00. The Morgan fingerprint density at radius 3 is 2.53 bits per heavy atom. The number of benzene rings is 3. The standard InChI is InChI=1S/C43H45N9O6/c1-25-5-4-20-51(25)24-35-45-31-15-14-29(23-32(31)46-35)44-40(54)28-12-10-27(11-13-28)39-48-37(58-49-39)9-2-6-26-18-21-50(22-19-26)33-8-3-7-30-38(33)43(57)52(42(30)56)34-16-17-36(53)47-41(34)55/h3,7-8,10-15,23,25-26,34H,2,4-6,9,16-22,24H2,1H3,(H,44,54)(H,45,46)(H,47,53,55)/t25-,34?/m0/s1. The van der Waals surface area contributed by atoms with Crippen molar-refractivity contribution >= 4 is 51.9 Å². The van der Waals surface area contributed by atoms with E-state index in [1.54, 1.807) is 24.3 Å². The number of carbonyl (C=O) groups is 5. The van der Waals surface area contributed by atoms with Gasteiger partial charge in [-0.25, -0.2) is 4.98 Å². The number of aromatic amines is 1. The van der Waals surface area contributed by atoms with Crippen LogP contribution in [0.1, 0.15) is 101 Å². The van der Waals surface area contributed by atoms with Crippen molar-refractivity contribution in [1.29, 1.82) is 0 Å². The molecule has 298 valence electrons. The second-order valence-corrected chi connectivity index (χ2v) is 15.9. The minimum Gasteiger partial charge on any atom is -0.371 e. The van der Waals surface area contributed by atoms with Crippen LogP contribution in [0.3, 0.4) is 0 Å². The number of imide groups is 2. The molecule has 1 unspecified atom stereocenters. The number of imidazole rings is 1. The molecule has 2 aromatic heterocycles. The average Bonchev–Trinajstić information content (AvgIpc) is 4.02. The van der Waals surface area contributed by atoms with Crippen molar-refractivity contribution in [2.45, 2.75) is 83.3 Å². The second-order valence-electron chi connectivity index (χ2n) is 15.9. The Labute approximate surface area is 334 Å². The molecule has 9 rings (SSSR count). The third kappa shape index (κ3) is 7.37. The van der Waals surface area contributed by atoms with Gasteiger partial charge in [0.2, 0.25) is 23.5 Å². The van der Waals surface area contributed by atoms with Gasteiger partial charge in [-0.05, 0) is 107 Å². The van der Waals surface area contributed by atoms with Crippen molar-refractivity contribution in [2.24, 2.45) is 5.92 Å². The number of anilines is 2. The molecule has 15 nitrogen and oxygen atoms in total. The summed E-state index contributed by atoms with van der Waals surface area (Å²) in [4.78, 5) is 82.6. The zero-order valence-corrected chi connectivity index (χ0v) is 32.3. The second kappa shape index (κ2) is 15.6. The van der Waals surface area contributed by atoms with E-state index in [0.29, 0.717) is 58.2 Å². The summed E-state index contributed by atoms with van der Waals surface area (Å²) in [6, 6.07) is 17.7. The highest BCUT2D eigenvalue weighted by atomic mass is 16.5. The van der Waals surface area contributed by atoms with Crippen molar-refractivity contribution in [1.82, 2.24) is 35.2 Å². The number of hydrogen-bond acceptors (Lipinski definition) is 11. The molecule has 3 N–H and O–H groups in total. The fourth-order valence-electron chi connectivity index (χ4n) is 8.85. The van der Waals surface area contributed by atoms with Gasteiger partial charge in [0, 0.05) is 48.8 Å². The summed E-state index contributed by atoms with van der Waals surface area (Å²) in [7, 11) is 0. The van der Waals surface area contributed by atoms with Crippen LogP contribution >= 0.6 is 0 Å². The van der Waals surface area contributed by atoms with E-state index in [0.717, 1.165) is 79.2 Å². The molecule has 58 heavy (non-hydrogen) atoms. The lowest BCUT2D eigenvalue weighted by molar-refractivity contribution is -0.136. The molecule has 6 heterocycles.